The van der Waals surface area contributed by atoms with Gasteiger partial charge in [-0.25, -0.2) is 4.98 Å². The van der Waals surface area contributed by atoms with Crippen LogP contribution in [0.4, 0.5) is 0 Å². The quantitative estimate of drug-likeness (QED) is 0.800. The molecule has 1 N–H and O–H groups in total. The van der Waals surface area contributed by atoms with Crippen molar-refractivity contribution in [3.63, 3.8) is 0 Å². The molecule has 0 aliphatic heterocycles. The number of benzene rings is 1. The molecule has 0 saturated carbocycles. The van der Waals surface area contributed by atoms with Crippen LogP contribution < -0.4 is 0 Å². The lowest BCUT2D eigenvalue weighted by atomic mass is 10.1. The normalized spacial score (nSPS) is 12.4. The minimum Gasteiger partial charge on any atom is -0.395 e. The molecule has 1 unspecified atom stereocenters. The molecule has 0 aliphatic rings. The summed E-state index contributed by atoms with van der Waals surface area (Å²) in [4.78, 5) is 18.0. The molecule has 0 radical (unpaired) electrons. The Bertz CT molecular complexity index is 611. The van der Waals surface area contributed by atoms with E-state index in [4.69, 9.17) is 0 Å². The van der Waals surface area contributed by atoms with Gasteiger partial charge >= 0.3 is 0 Å². The first-order chi connectivity index (χ1) is 11.2. The lowest BCUT2D eigenvalue weighted by Gasteiger charge is -2.23. The number of aromatic nitrogens is 3. The van der Waals surface area contributed by atoms with Gasteiger partial charge in [-0.05, 0) is 5.56 Å². The second-order valence-electron chi connectivity index (χ2n) is 5.34. The van der Waals surface area contributed by atoms with Gasteiger partial charge in [0.2, 0.25) is 5.91 Å². The van der Waals surface area contributed by atoms with E-state index in [-0.39, 0.29) is 18.4 Å². The molecule has 6 nitrogen and oxygen atoms in total. The summed E-state index contributed by atoms with van der Waals surface area (Å²) < 4.78 is 1.64. The largest absolute Gasteiger partial charge is 0.395 e. The Hall–Kier alpha value is -2.47. The average Bonchev–Trinajstić information content (AvgIpc) is 3.07. The Labute approximate surface area is 136 Å². The topological polar surface area (TPSA) is 71.2 Å². The first-order valence-electron chi connectivity index (χ1n) is 7.64. The second kappa shape index (κ2) is 8.85. The number of nitrogens with zero attached hydrogens (tertiary/aromatic N) is 4. The van der Waals surface area contributed by atoms with Crippen LogP contribution in [0, 0.1) is 5.92 Å². The minimum absolute atomic E-state index is 0.00717. The van der Waals surface area contributed by atoms with E-state index in [0.717, 1.165) is 5.56 Å². The lowest BCUT2D eigenvalue weighted by Crippen LogP contribution is -2.38. The number of aliphatic hydroxyl groups is 1. The molecule has 2 rings (SSSR count). The van der Waals surface area contributed by atoms with Crippen molar-refractivity contribution >= 4 is 12.0 Å². The maximum Gasteiger partial charge on any atom is 0.227 e. The van der Waals surface area contributed by atoms with Gasteiger partial charge in [-0.1, -0.05) is 49.4 Å². The highest BCUT2D eigenvalue weighted by Gasteiger charge is 2.20. The van der Waals surface area contributed by atoms with Crippen LogP contribution in [0.1, 0.15) is 12.5 Å². The zero-order chi connectivity index (χ0) is 16.5. The average molecular weight is 314 g/mol. The third kappa shape index (κ3) is 5.34. The van der Waals surface area contributed by atoms with Crippen molar-refractivity contribution in [2.45, 2.75) is 13.5 Å². The van der Waals surface area contributed by atoms with Crippen molar-refractivity contribution in [3.05, 3.63) is 54.6 Å². The van der Waals surface area contributed by atoms with Crippen LogP contribution in [-0.4, -0.2) is 50.4 Å². The Morgan fingerprint density at radius 3 is 2.83 bits per heavy atom. The second-order valence-corrected chi connectivity index (χ2v) is 5.34. The highest BCUT2D eigenvalue weighted by Crippen LogP contribution is 2.07. The number of aliphatic hydroxyl groups excluding tert-OH is 1. The molecule has 0 aliphatic carbocycles. The third-order valence-electron chi connectivity index (χ3n) is 3.47. The van der Waals surface area contributed by atoms with Gasteiger partial charge in [0, 0.05) is 13.1 Å². The summed E-state index contributed by atoms with van der Waals surface area (Å²) in [6.07, 6.45) is 6.95. The number of rotatable bonds is 8. The van der Waals surface area contributed by atoms with Gasteiger partial charge in [0.15, 0.2) is 0 Å². The standard InChI is InChI=1S/C17H22N4O2/c1-15(12-21-14-18-13-19-21)17(23)20(10-11-22)9-5-8-16-6-3-2-4-7-16/h2-8,13-15,22H,9-12H2,1H3/b8-5+. The minimum atomic E-state index is -0.228. The fraction of sp³-hybridized carbons (Fsp3) is 0.353. The van der Waals surface area contributed by atoms with Crippen LogP contribution >= 0.6 is 0 Å². The fourth-order valence-electron chi connectivity index (χ4n) is 2.29. The monoisotopic (exact) mass is 314 g/mol. The van der Waals surface area contributed by atoms with Crippen LogP contribution in [0.15, 0.2) is 49.1 Å². The van der Waals surface area contributed by atoms with Crippen molar-refractivity contribution in [2.24, 2.45) is 5.92 Å². The molecule has 0 fully saturated rings. The summed E-state index contributed by atoms with van der Waals surface area (Å²) in [7, 11) is 0. The molecule has 1 aromatic carbocycles. The molecule has 1 aromatic heterocycles. The lowest BCUT2D eigenvalue weighted by molar-refractivity contribution is -0.135. The van der Waals surface area contributed by atoms with E-state index in [0.29, 0.717) is 19.6 Å². The van der Waals surface area contributed by atoms with E-state index >= 15 is 0 Å². The molecular formula is C17H22N4O2. The molecule has 0 spiro atoms. The third-order valence-corrected chi connectivity index (χ3v) is 3.47. The van der Waals surface area contributed by atoms with E-state index in [9.17, 15) is 9.90 Å². The van der Waals surface area contributed by atoms with Crippen LogP contribution in [0.3, 0.4) is 0 Å². The van der Waals surface area contributed by atoms with Gasteiger partial charge in [0.25, 0.3) is 0 Å². The Kier molecular flexibility index (Phi) is 6.50. The van der Waals surface area contributed by atoms with Gasteiger partial charge in [-0.3, -0.25) is 9.48 Å². The molecule has 2 aromatic rings. The van der Waals surface area contributed by atoms with Gasteiger partial charge in [-0.15, -0.1) is 0 Å². The molecular weight excluding hydrogens is 292 g/mol. The van der Waals surface area contributed by atoms with Gasteiger partial charge in [0.05, 0.1) is 19.1 Å². The Balaban J connectivity index is 1.93. The maximum atomic E-state index is 12.5. The van der Waals surface area contributed by atoms with Crippen molar-refractivity contribution < 1.29 is 9.90 Å². The zero-order valence-corrected chi connectivity index (χ0v) is 13.2. The Morgan fingerprint density at radius 1 is 1.39 bits per heavy atom. The number of hydrogen-bond donors (Lipinski definition) is 1. The summed E-state index contributed by atoms with van der Waals surface area (Å²) in [6.45, 7) is 3.06. The van der Waals surface area contributed by atoms with E-state index in [1.807, 2.05) is 49.4 Å². The summed E-state index contributed by atoms with van der Waals surface area (Å²) in [5.41, 5.74) is 1.08. The predicted octanol–water partition coefficient (Wildman–Crippen LogP) is 1.45. The molecule has 0 saturated heterocycles. The van der Waals surface area contributed by atoms with E-state index in [1.54, 1.807) is 15.9 Å². The fourth-order valence-corrected chi connectivity index (χ4v) is 2.29. The Morgan fingerprint density at radius 2 is 2.17 bits per heavy atom. The number of amides is 1. The first-order valence-corrected chi connectivity index (χ1v) is 7.64. The number of carbonyl (C=O) groups excluding carboxylic acids is 1. The molecule has 0 bridgehead atoms. The molecule has 6 heteroatoms. The molecule has 1 amide bonds. The van der Waals surface area contributed by atoms with Crippen molar-refractivity contribution in [1.29, 1.82) is 0 Å². The van der Waals surface area contributed by atoms with Crippen LogP contribution in [0.25, 0.3) is 6.08 Å². The summed E-state index contributed by atoms with van der Waals surface area (Å²) in [5.74, 6) is -0.236. The summed E-state index contributed by atoms with van der Waals surface area (Å²) in [6, 6.07) is 9.90. The van der Waals surface area contributed by atoms with Crippen LogP contribution in [0.2, 0.25) is 0 Å². The summed E-state index contributed by atoms with van der Waals surface area (Å²) in [5, 5.41) is 13.2. The highest BCUT2D eigenvalue weighted by atomic mass is 16.3. The molecule has 122 valence electrons. The van der Waals surface area contributed by atoms with E-state index in [2.05, 4.69) is 10.1 Å². The summed E-state index contributed by atoms with van der Waals surface area (Å²) >= 11 is 0. The van der Waals surface area contributed by atoms with Crippen LogP contribution in [0.5, 0.6) is 0 Å². The maximum absolute atomic E-state index is 12.5. The molecule has 1 atom stereocenters. The van der Waals surface area contributed by atoms with Crippen molar-refractivity contribution in [3.8, 4) is 0 Å². The van der Waals surface area contributed by atoms with Gasteiger partial charge in [-0.2, -0.15) is 5.10 Å². The van der Waals surface area contributed by atoms with Crippen molar-refractivity contribution in [1.82, 2.24) is 19.7 Å². The highest BCUT2D eigenvalue weighted by molar-refractivity contribution is 5.78. The first kappa shape index (κ1) is 16.9. The van der Waals surface area contributed by atoms with E-state index in [1.165, 1.54) is 6.33 Å². The number of hydrogen-bond acceptors (Lipinski definition) is 4. The molecule has 23 heavy (non-hydrogen) atoms. The SMILES string of the molecule is CC(Cn1cncn1)C(=O)N(C/C=C/c1ccccc1)CCO. The smallest absolute Gasteiger partial charge is 0.227 e. The predicted molar refractivity (Wildman–Crippen MR) is 88.3 cm³/mol. The zero-order valence-electron chi connectivity index (χ0n) is 13.2. The van der Waals surface area contributed by atoms with Crippen molar-refractivity contribution in [2.75, 3.05) is 19.7 Å². The molecule has 1 heterocycles. The van der Waals surface area contributed by atoms with Gasteiger partial charge < -0.3 is 10.0 Å². The van der Waals surface area contributed by atoms with Crippen LogP contribution in [-0.2, 0) is 11.3 Å². The van der Waals surface area contributed by atoms with Gasteiger partial charge in [0.1, 0.15) is 12.7 Å². The van der Waals surface area contributed by atoms with E-state index < -0.39 is 0 Å². The number of carbonyl (C=O) groups is 1.